The van der Waals surface area contributed by atoms with Crippen molar-refractivity contribution in [3.63, 3.8) is 0 Å². The Kier molecular flexibility index (Phi) is 5.59. The van der Waals surface area contributed by atoms with Gasteiger partial charge in [0.1, 0.15) is 17.4 Å². The maximum Gasteiger partial charge on any atom is 0.433 e. The largest absolute Gasteiger partial charge is 0.433 e. The highest BCUT2D eigenvalue weighted by Crippen LogP contribution is 2.35. The maximum atomic E-state index is 12.6. The molecule has 32 heavy (non-hydrogen) atoms. The molecule has 8 nitrogen and oxygen atoms in total. The summed E-state index contributed by atoms with van der Waals surface area (Å²) in [6.07, 6.45) is -1.71. The molecule has 2 aromatic heterocycles. The number of pyridine rings is 1. The standard InChI is InChI=1S/C21H26F3N7O/c1-10(2)17-19(32)29-16-11(3)26-20(30-18(16)31(17)4)28-14-7-13(8-14)27-12-5-6-15(25-9-12)21(22,23)24/h5-6,9-10,13-14,17,27H,7-8H2,1-4H3,(H,29,32)(H,26,28,30)/t13-,14-,17?. The van der Waals surface area contributed by atoms with E-state index >= 15 is 0 Å². The van der Waals surface area contributed by atoms with Gasteiger partial charge in [0.15, 0.2) is 5.82 Å². The van der Waals surface area contributed by atoms with Gasteiger partial charge in [-0.15, -0.1) is 0 Å². The first-order valence-electron chi connectivity index (χ1n) is 10.5. The summed E-state index contributed by atoms with van der Waals surface area (Å²) in [5.74, 6) is 1.24. The number of aryl methyl sites for hydroxylation is 1. The monoisotopic (exact) mass is 449 g/mol. The molecule has 0 aromatic carbocycles. The molecule has 1 saturated carbocycles. The minimum Gasteiger partial charge on any atom is -0.381 e. The molecule has 172 valence electrons. The average molecular weight is 449 g/mol. The molecule has 1 amide bonds. The predicted octanol–water partition coefficient (Wildman–Crippen LogP) is 3.67. The van der Waals surface area contributed by atoms with Gasteiger partial charge in [-0.1, -0.05) is 13.8 Å². The van der Waals surface area contributed by atoms with Crippen molar-refractivity contribution in [1.29, 1.82) is 0 Å². The van der Waals surface area contributed by atoms with Crippen molar-refractivity contribution < 1.29 is 18.0 Å². The van der Waals surface area contributed by atoms with Crippen LogP contribution in [0, 0.1) is 12.8 Å². The molecular weight excluding hydrogens is 423 g/mol. The van der Waals surface area contributed by atoms with E-state index in [1.807, 2.05) is 32.7 Å². The molecule has 1 unspecified atom stereocenters. The van der Waals surface area contributed by atoms with Crippen LogP contribution in [0.1, 0.15) is 38.1 Å². The van der Waals surface area contributed by atoms with Crippen LogP contribution in [-0.4, -0.2) is 46.0 Å². The Hall–Kier alpha value is -3.11. The van der Waals surface area contributed by atoms with Gasteiger partial charge < -0.3 is 20.9 Å². The summed E-state index contributed by atoms with van der Waals surface area (Å²) in [6.45, 7) is 5.82. The number of aromatic nitrogens is 3. The zero-order valence-corrected chi connectivity index (χ0v) is 18.3. The van der Waals surface area contributed by atoms with Crippen molar-refractivity contribution in [3.8, 4) is 0 Å². The Morgan fingerprint density at radius 3 is 2.44 bits per heavy atom. The highest BCUT2D eigenvalue weighted by Gasteiger charge is 2.36. The Morgan fingerprint density at radius 1 is 1.16 bits per heavy atom. The SMILES string of the molecule is Cc1nc(N[C@H]2C[C@H](Nc3ccc(C(F)(F)F)nc3)C2)nc2c1NC(=O)C(C(C)C)N2C. The lowest BCUT2D eigenvalue weighted by atomic mass is 9.86. The molecule has 3 heterocycles. The molecule has 0 radical (unpaired) electrons. The van der Waals surface area contributed by atoms with Crippen LogP contribution in [-0.2, 0) is 11.0 Å². The number of hydrogen-bond donors (Lipinski definition) is 3. The van der Waals surface area contributed by atoms with Crippen LogP contribution >= 0.6 is 0 Å². The van der Waals surface area contributed by atoms with Gasteiger partial charge >= 0.3 is 6.18 Å². The Labute approximate surface area is 184 Å². The molecule has 2 aromatic rings. The third-order valence-corrected chi connectivity index (χ3v) is 5.87. The second-order valence-corrected chi connectivity index (χ2v) is 8.70. The first-order chi connectivity index (χ1) is 15.0. The number of anilines is 4. The minimum absolute atomic E-state index is 0.0620. The first kappa shape index (κ1) is 22.1. The number of alkyl halides is 3. The van der Waals surface area contributed by atoms with Crippen LogP contribution in [0.3, 0.4) is 0 Å². The predicted molar refractivity (Wildman–Crippen MR) is 116 cm³/mol. The molecule has 2 aliphatic rings. The van der Waals surface area contributed by atoms with Gasteiger partial charge in [-0.25, -0.2) is 9.97 Å². The minimum atomic E-state index is -4.44. The lowest BCUT2D eigenvalue weighted by Gasteiger charge is -2.38. The van der Waals surface area contributed by atoms with Gasteiger partial charge in [-0.05, 0) is 37.8 Å². The average Bonchev–Trinajstić information content (AvgIpc) is 2.67. The summed E-state index contributed by atoms with van der Waals surface area (Å²) in [5.41, 5.74) is 0.962. The molecule has 11 heteroatoms. The summed E-state index contributed by atoms with van der Waals surface area (Å²) in [6, 6.07) is 2.31. The van der Waals surface area contributed by atoms with Crippen molar-refractivity contribution in [2.24, 2.45) is 5.92 Å². The summed E-state index contributed by atoms with van der Waals surface area (Å²) < 4.78 is 37.9. The zero-order valence-electron chi connectivity index (χ0n) is 18.3. The Bertz CT molecular complexity index is 1000. The number of carbonyl (C=O) groups is 1. The van der Waals surface area contributed by atoms with E-state index in [-0.39, 0.29) is 30.0 Å². The normalized spacial score (nSPS) is 22.8. The van der Waals surface area contributed by atoms with Crippen molar-refractivity contribution in [2.45, 2.75) is 57.9 Å². The van der Waals surface area contributed by atoms with Crippen LogP contribution in [0.2, 0.25) is 0 Å². The zero-order chi connectivity index (χ0) is 23.2. The van der Waals surface area contributed by atoms with E-state index in [1.165, 1.54) is 12.3 Å². The number of fused-ring (bicyclic) bond motifs is 1. The topological polar surface area (TPSA) is 95.1 Å². The smallest absolute Gasteiger partial charge is 0.381 e. The van der Waals surface area contributed by atoms with E-state index in [0.29, 0.717) is 28.8 Å². The van der Waals surface area contributed by atoms with Gasteiger partial charge in [-0.3, -0.25) is 4.79 Å². The number of likely N-dealkylation sites (N-methyl/N-ethyl adjacent to an activating group) is 1. The third-order valence-electron chi connectivity index (χ3n) is 5.87. The highest BCUT2D eigenvalue weighted by atomic mass is 19.4. The number of rotatable bonds is 5. The molecule has 3 N–H and O–H groups in total. The first-order valence-corrected chi connectivity index (χ1v) is 10.5. The second kappa shape index (κ2) is 8.10. The fourth-order valence-corrected chi connectivity index (χ4v) is 4.20. The summed E-state index contributed by atoms with van der Waals surface area (Å²) in [4.78, 5) is 26.9. The quantitative estimate of drug-likeness (QED) is 0.641. The Balaban J connectivity index is 1.37. The summed E-state index contributed by atoms with van der Waals surface area (Å²) in [5, 5.41) is 9.45. The van der Waals surface area contributed by atoms with E-state index in [4.69, 9.17) is 0 Å². The fraction of sp³-hybridized carbons (Fsp3) is 0.524. The summed E-state index contributed by atoms with van der Waals surface area (Å²) in [7, 11) is 1.86. The lowest BCUT2D eigenvalue weighted by molar-refractivity contribution is -0.141. The van der Waals surface area contributed by atoms with Crippen molar-refractivity contribution in [2.75, 3.05) is 27.9 Å². The number of halogens is 3. The van der Waals surface area contributed by atoms with Crippen LogP contribution in [0.15, 0.2) is 18.3 Å². The van der Waals surface area contributed by atoms with Gasteiger partial charge in [-0.2, -0.15) is 18.2 Å². The van der Waals surface area contributed by atoms with Crippen LogP contribution in [0.5, 0.6) is 0 Å². The maximum absolute atomic E-state index is 12.6. The summed E-state index contributed by atoms with van der Waals surface area (Å²) >= 11 is 0. The lowest BCUT2D eigenvalue weighted by Crippen LogP contribution is -2.50. The van der Waals surface area contributed by atoms with Crippen LogP contribution in [0.4, 0.5) is 36.3 Å². The number of nitrogens with zero attached hydrogens (tertiary/aromatic N) is 4. The van der Waals surface area contributed by atoms with Crippen molar-refractivity contribution >= 4 is 29.0 Å². The highest BCUT2D eigenvalue weighted by molar-refractivity contribution is 6.03. The number of nitrogens with one attached hydrogen (secondary N) is 3. The molecule has 1 fully saturated rings. The molecule has 1 aliphatic carbocycles. The third kappa shape index (κ3) is 4.28. The van der Waals surface area contributed by atoms with E-state index in [1.54, 1.807) is 0 Å². The van der Waals surface area contributed by atoms with Crippen LogP contribution < -0.4 is 20.9 Å². The van der Waals surface area contributed by atoms with Gasteiger partial charge in [0.05, 0.1) is 17.6 Å². The van der Waals surface area contributed by atoms with Gasteiger partial charge in [0.2, 0.25) is 11.9 Å². The van der Waals surface area contributed by atoms with Gasteiger partial charge in [0, 0.05) is 19.1 Å². The number of carbonyl (C=O) groups excluding carboxylic acids is 1. The molecule has 1 atom stereocenters. The fourth-order valence-electron chi connectivity index (χ4n) is 4.20. The molecule has 1 aliphatic heterocycles. The van der Waals surface area contributed by atoms with E-state index in [9.17, 15) is 18.0 Å². The molecule has 0 spiro atoms. The van der Waals surface area contributed by atoms with Crippen molar-refractivity contribution in [1.82, 2.24) is 15.0 Å². The van der Waals surface area contributed by atoms with Crippen molar-refractivity contribution in [3.05, 3.63) is 29.7 Å². The van der Waals surface area contributed by atoms with E-state index < -0.39 is 11.9 Å². The Morgan fingerprint density at radius 2 is 1.84 bits per heavy atom. The molecule has 0 bridgehead atoms. The second-order valence-electron chi connectivity index (χ2n) is 8.70. The van der Waals surface area contributed by atoms with E-state index in [2.05, 4.69) is 30.9 Å². The number of hydrogen-bond acceptors (Lipinski definition) is 7. The van der Waals surface area contributed by atoms with Gasteiger partial charge in [0.25, 0.3) is 0 Å². The molecule has 4 rings (SSSR count). The van der Waals surface area contributed by atoms with Crippen LogP contribution in [0.25, 0.3) is 0 Å². The molecule has 0 saturated heterocycles. The molecular formula is C21H26F3N7O. The number of amides is 1. The van der Waals surface area contributed by atoms with E-state index in [0.717, 1.165) is 18.9 Å².